The Morgan fingerprint density at radius 1 is 1.32 bits per heavy atom. The highest BCUT2D eigenvalue weighted by Gasteiger charge is 2.19. The SMILES string of the molecule is CC(C)C1CCCN(Cc2ccc(F)cc2Br)CC1. The van der Waals surface area contributed by atoms with E-state index in [0.717, 1.165) is 35.9 Å². The summed E-state index contributed by atoms with van der Waals surface area (Å²) in [6, 6.07) is 5.00. The van der Waals surface area contributed by atoms with Crippen molar-refractivity contribution in [2.24, 2.45) is 11.8 Å². The molecule has 0 bridgehead atoms. The second-order valence-electron chi connectivity index (χ2n) is 5.95. The molecule has 1 saturated heterocycles. The van der Waals surface area contributed by atoms with E-state index in [2.05, 4.69) is 34.7 Å². The Morgan fingerprint density at radius 3 is 2.79 bits per heavy atom. The minimum Gasteiger partial charge on any atom is -0.299 e. The highest BCUT2D eigenvalue weighted by Crippen LogP contribution is 2.26. The van der Waals surface area contributed by atoms with Crippen LogP contribution >= 0.6 is 15.9 Å². The number of nitrogens with zero attached hydrogens (tertiary/aromatic N) is 1. The predicted molar refractivity (Wildman–Crippen MR) is 81.6 cm³/mol. The number of hydrogen-bond donors (Lipinski definition) is 0. The van der Waals surface area contributed by atoms with E-state index in [-0.39, 0.29) is 5.82 Å². The van der Waals surface area contributed by atoms with Crippen LogP contribution in [0.2, 0.25) is 0 Å². The molecule has 1 aliphatic heterocycles. The van der Waals surface area contributed by atoms with Crippen LogP contribution in [-0.2, 0) is 6.54 Å². The summed E-state index contributed by atoms with van der Waals surface area (Å²) in [6.07, 6.45) is 3.91. The monoisotopic (exact) mass is 327 g/mol. The van der Waals surface area contributed by atoms with E-state index in [1.54, 1.807) is 12.1 Å². The molecule has 1 aromatic rings. The Hall–Kier alpha value is -0.410. The summed E-state index contributed by atoms with van der Waals surface area (Å²) < 4.78 is 14.0. The first kappa shape index (κ1) is 15.0. The standard InChI is InChI=1S/C16H23BrFN/c1-12(2)13-4-3-8-19(9-7-13)11-14-5-6-15(18)10-16(14)17/h5-6,10,12-13H,3-4,7-9,11H2,1-2H3. The van der Waals surface area contributed by atoms with Crippen LogP contribution in [0.1, 0.15) is 38.7 Å². The molecule has 1 heterocycles. The molecule has 2 rings (SSSR count). The van der Waals surface area contributed by atoms with Gasteiger partial charge in [0.05, 0.1) is 0 Å². The van der Waals surface area contributed by atoms with Gasteiger partial charge in [-0.1, -0.05) is 35.8 Å². The summed E-state index contributed by atoms with van der Waals surface area (Å²) >= 11 is 3.46. The lowest BCUT2D eigenvalue weighted by molar-refractivity contribution is 0.264. The molecule has 0 N–H and O–H groups in total. The molecule has 1 aromatic carbocycles. The predicted octanol–water partition coefficient (Wildman–Crippen LogP) is 4.85. The third kappa shape index (κ3) is 4.28. The largest absolute Gasteiger partial charge is 0.299 e. The van der Waals surface area contributed by atoms with Crippen LogP contribution in [0.15, 0.2) is 22.7 Å². The molecule has 3 heteroatoms. The highest BCUT2D eigenvalue weighted by atomic mass is 79.9. The highest BCUT2D eigenvalue weighted by molar-refractivity contribution is 9.10. The Kier molecular flexibility index (Phi) is 5.40. The summed E-state index contributed by atoms with van der Waals surface area (Å²) in [5, 5.41) is 0. The first-order valence-corrected chi connectivity index (χ1v) is 8.02. The zero-order valence-electron chi connectivity index (χ0n) is 11.8. The van der Waals surface area contributed by atoms with Crippen LogP contribution in [0.4, 0.5) is 4.39 Å². The quantitative estimate of drug-likeness (QED) is 0.767. The molecule has 1 nitrogen and oxygen atoms in total. The van der Waals surface area contributed by atoms with Gasteiger partial charge in [0.15, 0.2) is 0 Å². The summed E-state index contributed by atoms with van der Waals surface area (Å²) in [5.74, 6) is 1.48. The second kappa shape index (κ2) is 6.85. The summed E-state index contributed by atoms with van der Waals surface area (Å²) in [6.45, 7) is 7.90. The molecule has 1 aliphatic rings. The molecular weight excluding hydrogens is 305 g/mol. The Labute approximate surface area is 124 Å². The fourth-order valence-electron chi connectivity index (χ4n) is 2.90. The topological polar surface area (TPSA) is 3.24 Å². The van der Waals surface area contributed by atoms with Gasteiger partial charge < -0.3 is 0 Å². The minimum atomic E-state index is -0.175. The van der Waals surface area contributed by atoms with Gasteiger partial charge >= 0.3 is 0 Å². The lowest BCUT2D eigenvalue weighted by Gasteiger charge is -2.21. The van der Waals surface area contributed by atoms with Crippen LogP contribution in [0.25, 0.3) is 0 Å². The number of rotatable bonds is 3. The van der Waals surface area contributed by atoms with Crippen molar-refractivity contribution in [1.82, 2.24) is 4.90 Å². The molecule has 106 valence electrons. The van der Waals surface area contributed by atoms with Gasteiger partial charge in [0.2, 0.25) is 0 Å². The van der Waals surface area contributed by atoms with Gasteiger partial charge in [-0.3, -0.25) is 4.90 Å². The van der Waals surface area contributed by atoms with E-state index in [1.165, 1.54) is 24.8 Å². The van der Waals surface area contributed by atoms with E-state index in [9.17, 15) is 4.39 Å². The maximum Gasteiger partial charge on any atom is 0.124 e. The molecule has 0 radical (unpaired) electrons. The van der Waals surface area contributed by atoms with Crippen LogP contribution < -0.4 is 0 Å². The van der Waals surface area contributed by atoms with Crippen molar-refractivity contribution in [1.29, 1.82) is 0 Å². The molecule has 1 atom stereocenters. The second-order valence-corrected chi connectivity index (χ2v) is 6.80. The fourth-order valence-corrected chi connectivity index (χ4v) is 3.37. The maximum atomic E-state index is 13.1. The Bertz CT molecular complexity index is 419. The summed E-state index contributed by atoms with van der Waals surface area (Å²) in [5.41, 5.74) is 1.18. The molecule has 0 aromatic heterocycles. The minimum absolute atomic E-state index is 0.175. The first-order chi connectivity index (χ1) is 9.06. The molecule has 1 unspecified atom stereocenters. The fraction of sp³-hybridized carbons (Fsp3) is 0.625. The molecule has 1 fully saturated rings. The molecule has 0 amide bonds. The van der Waals surface area contributed by atoms with Crippen molar-refractivity contribution in [2.75, 3.05) is 13.1 Å². The van der Waals surface area contributed by atoms with Crippen molar-refractivity contribution in [3.8, 4) is 0 Å². The van der Waals surface area contributed by atoms with E-state index >= 15 is 0 Å². The summed E-state index contributed by atoms with van der Waals surface area (Å²) in [4.78, 5) is 2.50. The number of likely N-dealkylation sites (tertiary alicyclic amines) is 1. The van der Waals surface area contributed by atoms with Gasteiger partial charge in [0.1, 0.15) is 5.82 Å². The van der Waals surface area contributed by atoms with Gasteiger partial charge in [-0.05, 0) is 61.9 Å². The van der Waals surface area contributed by atoms with Crippen molar-refractivity contribution in [3.05, 3.63) is 34.1 Å². The molecule has 0 aliphatic carbocycles. The van der Waals surface area contributed by atoms with Gasteiger partial charge in [0, 0.05) is 11.0 Å². The number of halogens is 2. The lowest BCUT2D eigenvalue weighted by Crippen LogP contribution is -2.24. The van der Waals surface area contributed by atoms with E-state index in [1.807, 2.05) is 6.07 Å². The molecular formula is C16H23BrFN. The zero-order chi connectivity index (χ0) is 13.8. The maximum absolute atomic E-state index is 13.1. The first-order valence-electron chi connectivity index (χ1n) is 7.22. The molecule has 19 heavy (non-hydrogen) atoms. The smallest absolute Gasteiger partial charge is 0.124 e. The Morgan fingerprint density at radius 2 is 2.11 bits per heavy atom. The van der Waals surface area contributed by atoms with Crippen LogP contribution in [0, 0.1) is 17.7 Å². The average Bonchev–Trinajstić information content (AvgIpc) is 2.58. The Balaban J connectivity index is 1.96. The van der Waals surface area contributed by atoms with E-state index in [4.69, 9.17) is 0 Å². The molecule has 0 spiro atoms. The zero-order valence-corrected chi connectivity index (χ0v) is 13.4. The van der Waals surface area contributed by atoms with E-state index in [0.29, 0.717) is 0 Å². The van der Waals surface area contributed by atoms with Crippen LogP contribution in [-0.4, -0.2) is 18.0 Å². The van der Waals surface area contributed by atoms with Crippen LogP contribution in [0.5, 0.6) is 0 Å². The normalized spacial score (nSPS) is 21.6. The van der Waals surface area contributed by atoms with Gasteiger partial charge in [-0.15, -0.1) is 0 Å². The van der Waals surface area contributed by atoms with E-state index < -0.39 is 0 Å². The lowest BCUT2D eigenvalue weighted by atomic mass is 9.89. The number of benzene rings is 1. The average molecular weight is 328 g/mol. The third-order valence-electron chi connectivity index (χ3n) is 4.22. The van der Waals surface area contributed by atoms with Crippen molar-refractivity contribution < 1.29 is 4.39 Å². The van der Waals surface area contributed by atoms with Gasteiger partial charge in [-0.25, -0.2) is 4.39 Å². The molecule has 0 saturated carbocycles. The van der Waals surface area contributed by atoms with Crippen LogP contribution in [0.3, 0.4) is 0 Å². The van der Waals surface area contributed by atoms with Crippen molar-refractivity contribution >= 4 is 15.9 Å². The van der Waals surface area contributed by atoms with Gasteiger partial charge in [-0.2, -0.15) is 0 Å². The summed E-state index contributed by atoms with van der Waals surface area (Å²) in [7, 11) is 0. The number of hydrogen-bond acceptors (Lipinski definition) is 1. The van der Waals surface area contributed by atoms with Crippen molar-refractivity contribution in [2.45, 2.75) is 39.7 Å². The third-order valence-corrected chi connectivity index (χ3v) is 4.96. The van der Waals surface area contributed by atoms with Gasteiger partial charge in [0.25, 0.3) is 0 Å². The van der Waals surface area contributed by atoms with Crippen molar-refractivity contribution in [3.63, 3.8) is 0 Å².